The molecule has 1 N–H and O–H groups in total. The predicted molar refractivity (Wildman–Crippen MR) is 81.1 cm³/mol. The van der Waals surface area contributed by atoms with E-state index >= 15 is 0 Å². The fourth-order valence-corrected chi connectivity index (χ4v) is 1.80. The van der Waals surface area contributed by atoms with Crippen molar-refractivity contribution in [2.75, 3.05) is 32.1 Å². The summed E-state index contributed by atoms with van der Waals surface area (Å²) in [6.07, 6.45) is 2.79. The van der Waals surface area contributed by atoms with Crippen molar-refractivity contribution in [3.05, 3.63) is 23.9 Å². The molecule has 5 heteroatoms. The summed E-state index contributed by atoms with van der Waals surface area (Å²) in [5, 5.41) is 3.21. The number of carbonyl (C=O) groups is 1. The van der Waals surface area contributed by atoms with Crippen LogP contribution in [0.25, 0.3) is 0 Å². The Labute approximate surface area is 121 Å². The van der Waals surface area contributed by atoms with Crippen LogP contribution in [-0.4, -0.2) is 48.6 Å². The molecule has 1 heterocycles. The van der Waals surface area contributed by atoms with Gasteiger partial charge in [-0.1, -0.05) is 6.92 Å². The molecule has 0 fully saturated rings. The van der Waals surface area contributed by atoms with Gasteiger partial charge in [-0.15, -0.1) is 0 Å². The minimum Gasteiger partial charge on any atom is -0.462 e. The summed E-state index contributed by atoms with van der Waals surface area (Å²) in [7, 11) is 2.10. The van der Waals surface area contributed by atoms with Gasteiger partial charge in [-0.2, -0.15) is 0 Å². The van der Waals surface area contributed by atoms with Crippen molar-refractivity contribution in [3.63, 3.8) is 0 Å². The van der Waals surface area contributed by atoms with Crippen molar-refractivity contribution in [2.24, 2.45) is 0 Å². The van der Waals surface area contributed by atoms with Crippen molar-refractivity contribution in [2.45, 2.75) is 33.2 Å². The van der Waals surface area contributed by atoms with Gasteiger partial charge in [0, 0.05) is 25.3 Å². The molecule has 20 heavy (non-hydrogen) atoms. The fraction of sp³-hybridized carbons (Fsp3) is 0.600. The van der Waals surface area contributed by atoms with Crippen LogP contribution < -0.4 is 5.32 Å². The van der Waals surface area contributed by atoms with Crippen molar-refractivity contribution in [1.29, 1.82) is 0 Å². The number of anilines is 1. The number of pyridine rings is 1. The van der Waals surface area contributed by atoms with E-state index in [0.29, 0.717) is 24.0 Å². The van der Waals surface area contributed by atoms with E-state index in [2.05, 4.69) is 36.1 Å². The quantitative estimate of drug-likeness (QED) is 0.741. The third kappa shape index (κ3) is 4.81. The molecule has 1 rings (SSSR count). The van der Waals surface area contributed by atoms with Crippen LogP contribution in [0.1, 0.15) is 37.6 Å². The summed E-state index contributed by atoms with van der Waals surface area (Å²) in [5.41, 5.74) is 0.487. The lowest BCUT2D eigenvalue weighted by Crippen LogP contribution is -2.33. The minimum absolute atomic E-state index is 0.335. The summed E-state index contributed by atoms with van der Waals surface area (Å²) >= 11 is 0. The number of hydrogen-bond acceptors (Lipinski definition) is 5. The molecule has 0 aliphatic rings. The van der Waals surface area contributed by atoms with Crippen LogP contribution in [0.15, 0.2) is 18.3 Å². The topological polar surface area (TPSA) is 54.5 Å². The normalized spacial score (nSPS) is 12.2. The van der Waals surface area contributed by atoms with Gasteiger partial charge in [0.05, 0.1) is 6.61 Å². The Balaban J connectivity index is 2.58. The van der Waals surface area contributed by atoms with E-state index in [4.69, 9.17) is 4.74 Å². The molecule has 0 saturated heterocycles. The van der Waals surface area contributed by atoms with Gasteiger partial charge in [0.15, 0.2) is 0 Å². The lowest BCUT2D eigenvalue weighted by Gasteiger charge is -2.23. The highest BCUT2D eigenvalue weighted by Crippen LogP contribution is 2.12. The Morgan fingerprint density at radius 2 is 2.25 bits per heavy atom. The van der Waals surface area contributed by atoms with Gasteiger partial charge in [0.1, 0.15) is 11.4 Å². The van der Waals surface area contributed by atoms with Crippen LogP contribution in [0, 0.1) is 0 Å². The van der Waals surface area contributed by atoms with Gasteiger partial charge in [-0.25, -0.2) is 9.78 Å². The molecule has 5 nitrogen and oxygen atoms in total. The van der Waals surface area contributed by atoms with Gasteiger partial charge in [-0.05, 0) is 39.4 Å². The van der Waals surface area contributed by atoms with Gasteiger partial charge in [0.25, 0.3) is 0 Å². The Morgan fingerprint density at radius 3 is 2.90 bits per heavy atom. The predicted octanol–water partition coefficient (Wildman–Crippen LogP) is 2.40. The molecular weight excluding hydrogens is 254 g/mol. The SMILES string of the molecule is CCOC(=O)c1cccnc1NCCN(C)C(C)CC. The highest BCUT2D eigenvalue weighted by atomic mass is 16.5. The number of likely N-dealkylation sites (N-methyl/N-ethyl adjacent to an activating group) is 1. The molecule has 0 aromatic carbocycles. The molecule has 0 radical (unpaired) electrons. The molecule has 0 bridgehead atoms. The molecule has 1 unspecified atom stereocenters. The number of rotatable bonds is 8. The van der Waals surface area contributed by atoms with Crippen LogP contribution in [-0.2, 0) is 4.74 Å². The highest BCUT2D eigenvalue weighted by molar-refractivity contribution is 5.94. The first-order valence-corrected chi connectivity index (χ1v) is 7.16. The van der Waals surface area contributed by atoms with Gasteiger partial charge < -0.3 is 15.0 Å². The van der Waals surface area contributed by atoms with Crippen LogP contribution in [0.5, 0.6) is 0 Å². The zero-order valence-corrected chi connectivity index (χ0v) is 12.8. The van der Waals surface area contributed by atoms with Gasteiger partial charge >= 0.3 is 5.97 Å². The Kier molecular flexibility index (Phi) is 7.01. The molecule has 1 atom stereocenters. The van der Waals surface area contributed by atoms with E-state index in [1.54, 1.807) is 25.3 Å². The number of aromatic nitrogens is 1. The second-order valence-electron chi connectivity index (χ2n) is 4.78. The first-order chi connectivity index (χ1) is 9.60. The molecule has 0 saturated carbocycles. The molecule has 0 spiro atoms. The van der Waals surface area contributed by atoms with Crippen LogP contribution in [0.2, 0.25) is 0 Å². The van der Waals surface area contributed by atoms with Gasteiger partial charge in [-0.3, -0.25) is 0 Å². The molecular formula is C15H25N3O2. The summed E-state index contributed by atoms with van der Waals surface area (Å²) < 4.78 is 5.02. The summed E-state index contributed by atoms with van der Waals surface area (Å²) in [4.78, 5) is 18.3. The molecule has 112 valence electrons. The van der Waals surface area contributed by atoms with Crippen LogP contribution >= 0.6 is 0 Å². The van der Waals surface area contributed by atoms with E-state index < -0.39 is 0 Å². The maximum atomic E-state index is 11.8. The molecule has 0 aliphatic carbocycles. The Bertz CT molecular complexity index is 423. The first-order valence-electron chi connectivity index (χ1n) is 7.16. The van der Waals surface area contributed by atoms with Crippen molar-refractivity contribution < 1.29 is 9.53 Å². The average molecular weight is 279 g/mol. The molecule has 1 aromatic heterocycles. The number of ether oxygens (including phenoxy) is 1. The van der Waals surface area contributed by atoms with E-state index in [-0.39, 0.29) is 5.97 Å². The third-order valence-corrected chi connectivity index (χ3v) is 3.40. The zero-order chi connectivity index (χ0) is 15.0. The second-order valence-corrected chi connectivity index (χ2v) is 4.78. The minimum atomic E-state index is -0.335. The summed E-state index contributed by atoms with van der Waals surface area (Å²) in [6.45, 7) is 8.17. The van der Waals surface area contributed by atoms with Crippen LogP contribution in [0.3, 0.4) is 0 Å². The number of nitrogens with one attached hydrogen (secondary N) is 1. The van der Waals surface area contributed by atoms with E-state index in [1.165, 1.54) is 0 Å². The number of hydrogen-bond donors (Lipinski definition) is 1. The smallest absolute Gasteiger partial charge is 0.341 e. The van der Waals surface area contributed by atoms with Crippen molar-refractivity contribution >= 4 is 11.8 Å². The van der Waals surface area contributed by atoms with Crippen molar-refractivity contribution in [3.8, 4) is 0 Å². The Morgan fingerprint density at radius 1 is 1.50 bits per heavy atom. The zero-order valence-electron chi connectivity index (χ0n) is 12.8. The summed E-state index contributed by atoms with van der Waals surface area (Å²) in [5.74, 6) is 0.252. The van der Waals surface area contributed by atoms with Crippen LogP contribution in [0.4, 0.5) is 5.82 Å². The van der Waals surface area contributed by atoms with E-state index in [1.807, 2.05) is 0 Å². The maximum absolute atomic E-state index is 11.8. The number of nitrogens with zero attached hydrogens (tertiary/aromatic N) is 2. The van der Waals surface area contributed by atoms with E-state index in [0.717, 1.165) is 19.5 Å². The Hall–Kier alpha value is -1.62. The number of carbonyl (C=O) groups excluding carboxylic acids is 1. The first kappa shape index (κ1) is 16.4. The van der Waals surface area contributed by atoms with Crippen molar-refractivity contribution in [1.82, 2.24) is 9.88 Å². The lowest BCUT2D eigenvalue weighted by molar-refractivity contribution is 0.0527. The second kappa shape index (κ2) is 8.53. The molecule has 1 aromatic rings. The monoisotopic (exact) mass is 279 g/mol. The lowest BCUT2D eigenvalue weighted by atomic mass is 10.2. The van der Waals surface area contributed by atoms with Gasteiger partial charge in [0.2, 0.25) is 0 Å². The van der Waals surface area contributed by atoms with E-state index in [9.17, 15) is 4.79 Å². The molecule has 0 aliphatic heterocycles. The largest absolute Gasteiger partial charge is 0.462 e. The third-order valence-electron chi connectivity index (χ3n) is 3.40. The average Bonchev–Trinajstić information content (AvgIpc) is 2.47. The standard InChI is InChI=1S/C15H25N3O2/c1-5-12(3)18(4)11-10-17-14-13(8-7-9-16-14)15(19)20-6-2/h7-9,12H,5-6,10-11H2,1-4H3,(H,16,17). The fourth-order valence-electron chi connectivity index (χ4n) is 1.80. The molecule has 0 amide bonds. The summed E-state index contributed by atoms with van der Waals surface area (Å²) in [6, 6.07) is 4.01. The number of esters is 1. The maximum Gasteiger partial charge on any atom is 0.341 e. The highest BCUT2D eigenvalue weighted by Gasteiger charge is 2.13.